The molecule has 5 nitrogen and oxygen atoms in total. The van der Waals surface area contributed by atoms with E-state index in [-0.39, 0.29) is 11.5 Å². The van der Waals surface area contributed by atoms with Crippen molar-refractivity contribution in [3.05, 3.63) is 59.2 Å². The Morgan fingerprint density at radius 1 is 0.889 bits per heavy atom. The Hall–Kier alpha value is -2.82. The van der Waals surface area contributed by atoms with Crippen molar-refractivity contribution in [3.63, 3.8) is 0 Å². The van der Waals surface area contributed by atoms with Crippen molar-refractivity contribution in [2.45, 2.75) is 40.5 Å². The highest BCUT2D eigenvalue weighted by Crippen LogP contribution is 2.29. The second-order valence-corrected chi connectivity index (χ2v) is 6.33. The van der Waals surface area contributed by atoms with E-state index in [2.05, 4.69) is 6.92 Å². The number of hydrogen-bond donors (Lipinski definition) is 0. The van der Waals surface area contributed by atoms with Gasteiger partial charge in [-0.2, -0.15) is 0 Å². The lowest BCUT2D eigenvalue weighted by Gasteiger charge is -2.19. The molecule has 0 aliphatic carbocycles. The number of ether oxygens (including phenoxy) is 2. The third-order valence-corrected chi connectivity index (χ3v) is 4.25. The number of aryl methyl sites for hydroxylation is 2. The third-order valence-electron chi connectivity index (χ3n) is 4.25. The minimum atomic E-state index is -0.483. The van der Waals surface area contributed by atoms with Gasteiger partial charge in [-0.25, -0.2) is 9.59 Å². The van der Waals surface area contributed by atoms with E-state index in [0.29, 0.717) is 18.7 Å². The normalized spacial score (nSPS) is 10.4. The van der Waals surface area contributed by atoms with Gasteiger partial charge in [-0.3, -0.25) is 0 Å². The van der Waals surface area contributed by atoms with Crippen LogP contribution in [0.1, 0.15) is 48.7 Å². The second kappa shape index (κ2) is 9.76. The highest BCUT2D eigenvalue weighted by Gasteiger charge is 2.18. The molecular formula is C22H27NO4. The zero-order valence-corrected chi connectivity index (χ0v) is 16.5. The van der Waals surface area contributed by atoms with E-state index in [9.17, 15) is 9.59 Å². The Labute approximate surface area is 160 Å². The molecule has 0 bridgehead atoms. The molecule has 0 aliphatic rings. The third kappa shape index (κ3) is 5.58. The lowest BCUT2D eigenvalue weighted by Crippen LogP contribution is -2.33. The second-order valence-electron chi connectivity index (χ2n) is 6.33. The van der Waals surface area contributed by atoms with Gasteiger partial charge in [-0.05, 0) is 62.6 Å². The van der Waals surface area contributed by atoms with E-state index in [1.807, 2.05) is 39.0 Å². The van der Waals surface area contributed by atoms with Crippen molar-refractivity contribution in [1.82, 2.24) is 4.90 Å². The van der Waals surface area contributed by atoms with Crippen LogP contribution in [0.25, 0.3) is 0 Å². The molecule has 0 fully saturated rings. The van der Waals surface area contributed by atoms with Crippen LogP contribution in [-0.4, -0.2) is 30.1 Å². The lowest BCUT2D eigenvalue weighted by molar-refractivity contribution is 0.0727. The number of nitrogens with zero attached hydrogens (tertiary/aromatic N) is 1. The molecule has 0 spiro atoms. The standard InChI is InChI=1S/C22H27NO4/c1-5-8-17-10-12-18(13-11-17)21(24)26-20-15-16(4)9-14-19(20)27-22(25)23(6-2)7-3/h9-15H,5-8H2,1-4H3. The summed E-state index contributed by atoms with van der Waals surface area (Å²) in [4.78, 5) is 26.3. The molecule has 2 aromatic carbocycles. The van der Waals surface area contributed by atoms with Crippen LogP contribution in [0, 0.1) is 6.92 Å². The summed E-state index contributed by atoms with van der Waals surface area (Å²) in [5.74, 6) is -0.0182. The van der Waals surface area contributed by atoms with Crippen molar-refractivity contribution in [3.8, 4) is 11.5 Å². The molecule has 0 atom stereocenters. The molecule has 144 valence electrons. The summed E-state index contributed by atoms with van der Waals surface area (Å²) in [7, 11) is 0. The molecular weight excluding hydrogens is 342 g/mol. The van der Waals surface area contributed by atoms with Gasteiger partial charge in [0.15, 0.2) is 11.5 Å². The first-order valence-corrected chi connectivity index (χ1v) is 9.37. The molecule has 0 saturated heterocycles. The topological polar surface area (TPSA) is 55.8 Å². The van der Waals surface area contributed by atoms with E-state index < -0.39 is 12.1 Å². The molecule has 0 saturated carbocycles. The van der Waals surface area contributed by atoms with Crippen LogP contribution < -0.4 is 9.47 Å². The maximum atomic E-state index is 12.5. The van der Waals surface area contributed by atoms with Crippen molar-refractivity contribution in [2.24, 2.45) is 0 Å². The summed E-state index contributed by atoms with van der Waals surface area (Å²) < 4.78 is 11.0. The van der Waals surface area contributed by atoms with Gasteiger partial charge in [0, 0.05) is 13.1 Å². The maximum absolute atomic E-state index is 12.5. The van der Waals surface area contributed by atoms with E-state index in [1.165, 1.54) is 5.56 Å². The highest BCUT2D eigenvalue weighted by molar-refractivity contribution is 5.91. The smallest absolute Gasteiger partial charge is 0.415 e. The summed E-state index contributed by atoms with van der Waals surface area (Å²) in [5, 5.41) is 0. The number of hydrogen-bond acceptors (Lipinski definition) is 4. The zero-order chi connectivity index (χ0) is 19.8. The number of benzene rings is 2. The summed E-state index contributed by atoms with van der Waals surface area (Å²) in [5.41, 5.74) is 2.54. The fourth-order valence-corrected chi connectivity index (χ4v) is 2.67. The quantitative estimate of drug-likeness (QED) is 0.509. The number of amides is 1. The average molecular weight is 369 g/mol. The van der Waals surface area contributed by atoms with Crippen LogP contribution in [0.5, 0.6) is 11.5 Å². The number of carbonyl (C=O) groups excluding carboxylic acids is 2. The molecule has 5 heteroatoms. The van der Waals surface area contributed by atoms with Gasteiger partial charge >= 0.3 is 12.1 Å². The van der Waals surface area contributed by atoms with Gasteiger partial charge in [0.1, 0.15) is 0 Å². The molecule has 0 aliphatic heterocycles. The SMILES string of the molecule is CCCc1ccc(C(=O)Oc2cc(C)ccc2OC(=O)N(CC)CC)cc1. The van der Waals surface area contributed by atoms with Crippen LogP contribution in [0.15, 0.2) is 42.5 Å². The predicted molar refractivity (Wildman–Crippen MR) is 106 cm³/mol. The van der Waals surface area contributed by atoms with Gasteiger partial charge < -0.3 is 14.4 Å². The van der Waals surface area contributed by atoms with Gasteiger partial charge in [0.05, 0.1) is 5.56 Å². The summed E-state index contributed by atoms with van der Waals surface area (Å²) in [6, 6.07) is 12.5. The first kappa shape index (κ1) is 20.5. The summed E-state index contributed by atoms with van der Waals surface area (Å²) in [6.45, 7) is 8.83. The Morgan fingerprint density at radius 2 is 1.56 bits per heavy atom. The fourth-order valence-electron chi connectivity index (χ4n) is 2.67. The van der Waals surface area contributed by atoms with Gasteiger partial charge in [0.2, 0.25) is 0 Å². The Morgan fingerprint density at radius 3 is 2.15 bits per heavy atom. The van der Waals surface area contributed by atoms with Crippen LogP contribution in [-0.2, 0) is 6.42 Å². The molecule has 0 unspecified atom stereocenters. The summed E-state index contributed by atoms with van der Waals surface area (Å²) in [6.07, 6.45) is 1.55. The molecule has 0 radical (unpaired) electrons. The van der Waals surface area contributed by atoms with E-state index >= 15 is 0 Å². The molecule has 0 aromatic heterocycles. The maximum Gasteiger partial charge on any atom is 0.415 e. The van der Waals surface area contributed by atoms with Gasteiger partial charge in [-0.1, -0.05) is 31.5 Å². The van der Waals surface area contributed by atoms with Crippen LogP contribution >= 0.6 is 0 Å². The number of esters is 1. The van der Waals surface area contributed by atoms with Gasteiger partial charge in [0.25, 0.3) is 0 Å². The monoisotopic (exact) mass is 369 g/mol. The molecule has 2 aromatic rings. The van der Waals surface area contributed by atoms with Crippen LogP contribution in [0.4, 0.5) is 4.79 Å². The Kier molecular flexibility index (Phi) is 7.41. The molecule has 0 N–H and O–H groups in total. The minimum absolute atomic E-state index is 0.230. The summed E-state index contributed by atoms with van der Waals surface area (Å²) >= 11 is 0. The number of rotatable bonds is 7. The van der Waals surface area contributed by atoms with Crippen molar-refractivity contribution in [1.29, 1.82) is 0 Å². The first-order valence-electron chi connectivity index (χ1n) is 9.37. The van der Waals surface area contributed by atoms with Gasteiger partial charge in [-0.15, -0.1) is 0 Å². The van der Waals surface area contributed by atoms with Crippen LogP contribution in [0.2, 0.25) is 0 Å². The van der Waals surface area contributed by atoms with Crippen LogP contribution in [0.3, 0.4) is 0 Å². The Bertz CT molecular complexity index is 779. The predicted octanol–water partition coefficient (Wildman–Crippen LogP) is 5.01. The highest BCUT2D eigenvalue weighted by atomic mass is 16.6. The lowest BCUT2D eigenvalue weighted by atomic mass is 10.1. The fraction of sp³-hybridized carbons (Fsp3) is 0.364. The molecule has 2 rings (SSSR count). The largest absolute Gasteiger partial charge is 0.419 e. The minimum Gasteiger partial charge on any atom is -0.419 e. The molecule has 0 heterocycles. The van der Waals surface area contributed by atoms with Crippen molar-refractivity contribution < 1.29 is 19.1 Å². The average Bonchev–Trinajstić information content (AvgIpc) is 2.66. The van der Waals surface area contributed by atoms with E-state index in [1.54, 1.807) is 29.2 Å². The Balaban J connectivity index is 2.18. The van der Waals surface area contributed by atoms with E-state index in [4.69, 9.17) is 9.47 Å². The first-order chi connectivity index (χ1) is 13.0. The zero-order valence-electron chi connectivity index (χ0n) is 16.5. The molecule has 1 amide bonds. The number of carbonyl (C=O) groups is 2. The van der Waals surface area contributed by atoms with E-state index in [0.717, 1.165) is 18.4 Å². The van der Waals surface area contributed by atoms with Crippen molar-refractivity contribution in [2.75, 3.05) is 13.1 Å². The molecule has 27 heavy (non-hydrogen) atoms. The van der Waals surface area contributed by atoms with Crippen molar-refractivity contribution >= 4 is 12.1 Å².